The van der Waals surface area contributed by atoms with Crippen LogP contribution in [-0.4, -0.2) is 59.1 Å². The Morgan fingerprint density at radius 2 is 2.09 bits per heavy atom. The third-order valence-corrected chi connectivity index (χ3v) is 4.27. The molecule has 0 spiro atoms. The molecule has 1 unspecified atom stereocenters. The number of nitrogens with zero attached hydrogens (tertiary/aromatic N) is 3. The number of rotatable bonds is 1. The lowest BCUT2D eigenvalue weighted by atomic mass is 10.1. The molecule has 2 amide bonds. The summed E-state index contributed by atoms with van der Waals surface area (Å²) >= 11 is 0. The normalized spacial score (nSPS) is 20.9. The molecule has 22 heavy (non-hydrogen) atoms. The van der Waals surface area contributed by atoms with Gasteiger partial charge in [0.05, 0.1) is 17.1 Å². The Kier molecular flexibility index (Phi) is 2.96. The molecule has 0 aliphatic carbocycles. The number of amides is 2. The van der Waals surface area contributed by atoms with E-state index in [9.17, 15) is 9.59 Å². The number of carbonyl (C=O) groups excluding carboxylic acids is 2. The molecule has 2 saturated heterocycles. The highest BCUT2D eigenvalue weighted by Crippen LogP contribution is 2.22. The zero-order chi connectivity index (χ0) is 15.1. The molecule has 6 nitrogen and oxygen atoms in total. The molecule has 6 heteroatoms. The summed E-state index contributed by atoms with van der Waals surface area (Å²) in [7, 11) is 0. The molecular formula is C16H15N3O3. The number of fused-ring (bicyclic) bond motifs is 2. The summed E-state index contributed by atoms with van der Waals surface area (Å²) in [4.78, 5) is 32.2. The van der Waals surface area contributed by atoms with Crippen molar-refractivity contribution >= 4 is 22.9 Å². The van der Waals surface area contributed by atoms with Gasteiger partial charge in [0.15, 0.2) is 0 Å². The van der Waals surface area contributed by atoms with Crippen LogP contribution >= 0.6 is 0 Å². The van der Waals surface area contributed by atoms with Gasteiger partial charge in [0.2, 0.25) is 0 Å². The molecule has 3 heterocycles. The van der Waals surface area contributed by atoms with E-state index in [0.717, 1.165) is 10.9 Å². The monoisotopic (exact) mass is 297 g/mol. The maximum atomic E-state index is 12.8. The average Bonchev–Trinajstić information content (AvgIpc) is 2.94. The lowest BCUT2D eigenvalue weighted by Crippen LogP contribution is -2.53. The van der Waals surface area contributed by atoms with E-state index in [1.807, 2.05) is 24.3 Å². The van der Waals surface area contributed by atoms with Crippen LogP contribution in [0.5, 0.6) is 0 Å². The summed E-state index contributed by atoms with van der Waals surface area (Å²) in [5.41, 5.74) is 1.33. The van der Waals surface area contributed by atoms with Crippen LogP contribution in [0.1, 0.15) is 10.4 Å². The number of carbonyl (C=O) groups is 2. The van der Waals surface area contributed by atoms with Crippen LogP contribution in [0.25, 0.3) is 10.9 Å². The Bertz CT molecular complexity index is 756. The number of hydrogen-bond donors (Lipinski definition) is 0. The number of para-hydroxylation sites is 1. The van der Waals surface area contributed by atoms with Gasteiger partial charge in [-0.1, -0.05) is 18.2 Å². The van der Waals surface area contributed by atoms with Gasteiger partial charge in [-0.05, 0) is 12.1 Å². The van der Waals surface area contributed by atoms with Crippen molar-refractivity contribution in [2.45, 2.75) is 6.04 Å². The smallest absolute Gasteiger partial charge is 0.410 e. The molecule has 1 atom stereocenters. The molecule has 1 aromatic carbocycles. The van der Waals surface area contributed by atoms with Crippen molar-refractivity contribution in [3.63, 3.8) is 0 Å². The molecule has 4 rings (SSSR count). The van der Waals surface area contributed by atoms with Gasteiger partial charge < -0.3 is 9.64 Å². The Morgan fingerprint density at radius 3 is 3.00 bits per heavy atom. The minimum Gasteiger partial charge on any atom is -0.447 e. The number of cyclic esters (lactones) is 1. The highest BCUT2D eigenvalue weighted by Gasteiger charge is 2.39. The van der Waals surface area contributed by atoms with Crippen LogP contribution in [0.3, 0.4) is 0 Å². The second-order valence-electron chi connectivity index (χ2n) is 5.56. The fraction of sp³-hybridized carbons (Fsp3) is 0.312. The molecule has 2 aliphatic rings. The molecule has 2 fully saturated rings. The van der Waals surface area contributed by atoms with E-state index in [2.05, 4.69) is 4.98 Å². The van der Waals surface area contributed by atoms with Crippen LogP contribution in [0, 0.1) is 0 Å². The molecular weight excluding hydrogens is 282 g/mol. The molecule has 0 bridgehead atoms. The highest BCUT2D eigenvalue weighted by molar-refractivity contribution is 6.05. The van der Waals surface area contributed by atoms with Crippen LogP contribution in [0.4, 0.5) is 4.79 Å². The van der Waals surface area contributed by atoms with Gasteiger partial charge in [-0.25, -0.2) is 4.79 Å². The first-order valence-electron chi connectivity index (χ1n) is 7.30. The molecule has 2 aliphatic heterocycles. The first kappa shape index (κ1) is 13.1. The molecule has 112 valence electrons. The first-order chi connectivity index (χ1) is 10.7. The fourth-order valence-corrected chi connectivity index (χ4v) is 3.12. The summed E-state index contributed by atoms with van der Waals surface area (Å²) in [5, 5.41) is 0.950. The van der Waals surface area contributed by atoms with E-state index in [4.69, 9.17) is 4.74 Å². The van der Waals surface area contributed by atoms with Crippen molar-refractivity contribution in [1.82, 2.24) is 14.8 Å². The van der Waals surface area contributed by atoms with E-state index in [0.29, 0.717) is 31.8 Å². The summed E-state index contributed by atoms with van der Waals surface area (Å²) in [6, 6.07) is 9.39. The Balaban J connectivity index is 1.63. The SMILES string of the molecule is O=C(c1cccc2cccnc12)N1CCN2C(=O)OCC2C1. The van der Waals surface area contributed by atoms with Crippen LogP contribution in [0.15, 0.2) is 36.5 Å². The Morgan fingerprint density at radius 1 is 1.23 bits per heavy atom. The number of hydrogen-bond acceptors (Lipinski definition) is 4. The zero-order valence-electron chi connectivity index (χ0n) is 11.9. The lowest BCUT2D eigenvalue weighted by Gasteiger charge is -2.35. The minimum atomic E-state index is -0.274. The Labute approximate surface area is 127 Å². The van der Waals surface area contributed by atoms with Crippen molar-refractivity contribution in [1.29, 1.82) is 0 Å². The van der Waals surface area contributed by atoms with Crippen molar-refractivity contribution in [2.24, 2.45) is 0 Å². The molecule has 1 aromatic heterocycles. The van der Waals surface area contributed by atoms with Gasteiger partial charge >= 0.3 is 6.09 Å². The van der Waals surface area contributed by atoms with Crippen LogP contribution < -0.4 is 0 Å². The molecule has 0 radical (unpaired) electrons. The standard InChI is InChI=1S/C16H15N3O3/c20-15(13-5-1-3-11-4-2-6-17-14(11)13)18-7-8-19-12(9-18)10-22-16(19)21/h1-6,12H,7-10H2. The molecule has 2 aromatic rings. The first-order valence-corrected chi connectivity index (χ1v) is 7.30. The van der Waals surface area contributed by atoms with E-state index in [1.54, 1.807) is 22.1 Å². The second kappa shape index (κ2) is 4.98. The van der Waals surface area contributed by atoms with E-state index >= 15 is 0 Å². The molecule has 0 saturated carbocycles. The van der Waals surface area contributed by atoms with Gasteiger partial charge in [-0.2, -0.15) is 0 Å². The zero-order valence-corrected chi connectivity index (χ0v) is 11.9. The van der Waals surface area contributed by atoms with Crippen molar-refractivity contribution in [2.75, 3.05) is 26.2 Å². The van der Waals surface area contributed by atoms with E-state index in [1.165, 1.54) is 0 Å². The number of piperazine rings is 1. The van der Waals surface area contributed by atoms with Gasteiger partial charge in [0.1, 0.15) is 6.61 Å². The minimum absolute atomic E-state index is 0.0341. The summed E-state index contributed by atoms with van der Waals surface area (Å²) in [6.07, 6.45) is 1.42. The average molecular weight is 297 g/mol. The fourth-order valence-electron chi connectivity index (χ4n) is 3.12. The summed E-state index contributed by atoms with van der Waals surface area (Å²) in [5.74, 6) is -0.0386. The predicted molar refractivity (Wildman–Crippen MR) is 79.5 cm³/mol. The van der Waals surface area contributed by atoms with E-state index in [-0.39, 0.29) is 18.0 Å². The second-order valence-corrected chi connectivity index (χ2v) is 5.56. The van der Waals surface area contributed by atoms with E-state index < -0.39 is 0 Å². The summed E-state index contributed by atoms with van der Waals surface area (Å²) < 4.78 is 5.04. The van der Waals surface area contributed by atoms with Crippen molar-refractivity contribution < 1.29 is 14.3 Å². The largest absolute Gasteiger partial charge is 0.447 e. The van der Waals surface area contributed by atoms with Crippen molar-refractivity contribution in [3.8, 4) is 0 Å². The quantitative estimate of drug-likeness (QED) is 0.800. The van der Waals surface area contributed by atoms with Gasteiger partial charge in [-0.3, -0.25) is 14.7 Å². The highest BCUT2D eigenvalue weighted by atomic mass is 16.6. The predicted octanol–water partition coefficient (Wildman–Crippen LogP) is 1.51. The number of pyridine rings is 1. The van der Waals surface area contributed by atoms with Gasteiger partial charge in [-0.15, -0.1) is 0 Å². The number of benzene rings is 1. The third-order valence-electron chi connectivity index (χ3n) is 4.27. The third kappa shape index (κ3) is 1.99. The number of aromatic nitrogens is 1. The van der Waals surface area contributed by atoms with Gasteiger partial charge in [0.25, 0.3) is 5.91 Å². The molecule has 0 N–H and O–H groups in total. The topological polar surface area (TPSA) is 62.7 Å². The maximum Gasteiger partial charge on any atom is 0.410 e. The van der Waals surface area contributed by atoms with Crippen LogP contribution in [-0.2, 0) is 4.74 Å². The van der Waals surface area contributed by atoms with Crippen molar-refractivity contribution in [3.05, 3.63) is 42.1 Å². The maximum absolute atomic E-state index is 12.8. The number of ether oxygens (including phenoxy) is 1. The summed E-state index contributed by atoms with van der Waals surface area (Å²) in [6.45, 7) is 1.91. The lowest BCUT2D eigenvalue weighted by molar-refractivity contribution is 0.0618. The Hall–Kier alpha value is -2.63. The van der Waals surface area contributed by atoms with Gasteiger partial charge in [0, 0.05) is 31.2 Å². The van der Waals surface area contributed by atoms with Crippen LogP contribution in [0.2, 0.25) is 0 Å².